The van der Waals surface area contributed by atoms with Gasteiger partial charge in [-0.2, -0.15) is 0 Å². The summed E-state index contributed by atoms with van der Waals surface area (Å²) in [6, 6.07) is 33.6. The molecular weight excluding hydrogens is 1030 g/mol. The van der Waals surface area contributed by atoms with Crippen molar-refractivity contribution in [2.75, 3.05) is 44.7 Å². The van der Waals surface area contributed by atoms with E-state index in [2.05, 4.69) is 77.3 Å². The molecule has 414 valence electrons. The average Bonchev–Trinajstić information content (AvgIpc) is 3.94. The van der Waals surface area contributed by atoms with Gasteiger partial charge in [-0.3, -0.25) is 19.0 Å². The molecule has 0 radical (unpaired) electrons. The highest BCUT2D eigenvalue weighted by Gasteiger charge is 2.40. The Labute approximate surface area is 469 Å². The van der Waals surface area contributed by atoms with E-state index in [1.165, 1.54) is 12.1 Å². The number of halogens is 1. The number of rotatable bonds is 23. The fraction of sp³-hybridized carbons (Fsp3) is 0.344. The smallest absolute Gasteiger partial charge is 0.262 e. The van der Waals surface area contributed by atoms with Crippen LogP contribution in [0.3, 0.4) is 0 Å². The summed E-state index contributed by atoms with van der Waals surface area (Å²) < 4.78 is 52.8. The highest BCUT2D eigenvalue weighted by Crippen LogP contribution is 2.49. The van der Waals surface area contributed by atoms with E-state index < -0.39 is 15.5 Å². The van der Waals surface area contributed by atoms with Crippen molar-refractivity contribution in [1.29, 1.82) is 0 Å². The number of carbonyl (C=O) groups excluding carboxylic acids is 3. The van der Waals surface area contributed by atoms with E-state index >= 15 is 0 Å². The van der Waals surface area contributed by atoms with Gasteiger partial charge in [0.25, 0.3) is 5.91 Å². The fourth-order valence-electron chi connectivity index (χ4n) is 10.9. The number of ether oxygens (including phenoxy) is 1. The lowest BCUT2D eigenvalue weighted by molar-refractivity contribution is -0.121. The van der Waals surface area contributed by atoms with E-state index in [9.17, 15) is 27.4 Å². The van der Waals surface area contributed by atoms with Crippen LogP contribution in [0.25, 0.3) is 39.4 Å². The van der Waals surface area contributed by atoms with Crippen LogP contribution in [0.5, 0.6) is 5.75 Å². The molecule has 2 aliphatic heterocycles. The minimum atomic E-state index is -4.68. The molecule has 0 saturated heterocycles. The molecule has 1 aliphatic carbocycles. The lowest BCUT2D eigenvalue weighted by Gasteiger charge is -2.27. The number of nitrogens with one attached hydrogen (secondary N) is 2. The van der Waals surface area contributed by atoms with Gasteiger partial charge in [0.1, 0.15) is 40.5 Å². The molecule has 15 heteroatoms. The summed E-state index contributed by atoms with van der Waals surface area (Å²) in [6.07, 6.45) is 12.2. The maximum Gasteiger partial charge on any atom is 0.262 e. The van der Waals surface area contributed by atoms with Crippen LogP contribution in [0, 0.1) is 13.8 Å². The summed E-state index contributed by atoms with van der Waals surface area (Å²) >= 11 is 6.08. The van der Waals surface area contributed by atoms with Crippen molar-refractivity contribution in [1.82, 2.24) is 19.8 Å². The Morgan fingerprint density at radius 3 is 2.19 bits per heavy atom. The lowest BCUT2D eigenvalue weighted by Crippen LogP contribution is -2.29. The van der Waals surface area contributed by atoms with E-state index in [1.807, 2.05) is 63.3 Å². The summed E-state index contributed by atoms with van der Waals surface area (Å²) in [6.45, 7) is 15.8. The zero-order chi connectivity index (χ0) is 56.4. The molecule has 0 fully saturated rings. The molecule has 3 heterocycles. The number of allylic oxidation sites excluding steroid dienone is 3. The highest BCUT2D eigenvalue weighted by atomic mass is 35.5. The summed E-state index contributed by atoms with van der Waals surface area (Å²) in [5, 5.41) is 8.52. The minimum Gasteiger partial charge on any atom is -0.744 e. The Balaban J connectivity index is 0.831. The number of methoxy groups -OCH3 is 1. The number of amides is 2. The summed E-state index contributed by atoms with van der Waals surface area (Å²) in [4.78, 5) is 41.8. The molecule has 1 aromatic heterocycles. The van der Waals surface area contributed by atoms with Crippen LogP contribution in [0.15, 0.2) is 136 Å². The number of unbranched alkanes of at least 4 members (excludes halogenated alkanes) is 5. The zero-order valence-electron chi connectivity index (χ0n) is 46.4. The molecular formula is C64H72ClN5O8S. The van der Waals surface area contributed by atoms with Gasteiger partial charge in [0, 0.05) is 81.7 Å². The number of aromatic nitrogens is 1. The fourth-order valence-corrected chi connectivity index (χ4v) is 11.5. The molecule has 5 aromatic rings. The number of benzene rings is 5. The van der Waals surface area contributed by atoms with Crippen LogP contribution in [-0.2, 0) is 31.5 Å². The van der Waals surface area contributed by atoms with Crippen molar-refractivity contribution < 1.29 is 36.5 Å². The SMILES string of the molecule is CC[N+](CC)=c1ccc2c(-c3ccccc3)c(C)c(/C=C/C=C3/N(CCCCCC(=O)NCCCCCCNC(=O)Cc4c(C)n(C(=O)c5ccc(Cl)cc5)c5ccc(OC)cc45)c4ccc(S(=O)(=O)[O-])cc4C3(C)C)oc-2c1. The number of carbonyl (C=O) groups is 3. The van der Waals surface area contributed by atoms with Gasteiger partial charge in [-0.25, -0.2) is 13.0 Å². The standard InChI is InChI=1S/C64H72ClN5O8S/c1-8-68(9-2)48-30-33-51-58(39-48)78-57(43(3)62(51)45-21-14-12-15-22-45)23-20-24-59-64(5,6)54-41-50(79(74,75)76)32-35-56(54)69(59)38-19-13-16-25-60(71)66-36-17-10-11-18-37-67-61(72)42-52-44(4)70(55-34-31-49(77-7)40-53(52)55)63(73)46-26-28-47(65)29-27-46/h12,14-15,20-24,26-35,39-41H,8-11,13,16-19,25,36-38,42H2,1-7H3,(H2-,66,67,71,72,74,75,76). The molecule has 2 amide bonds. The molecule has 3 aliphatic rings. The number of hydrogen-bond donors (Lipinski definition) is 2. The molecule has 8 rings (SSSR count). The summed E-state index contributed by atoms with van der Waals surface area (Å²) in [5.74, 6) is 1.81. The first-order valence-electron chi connectivity index (χ1n) is 27.4. The van der Waals surface area contributed by atoms with E-state index in [-0.39, 0.29) is 29.0 Å². The lowest BCUT2D eigenvalue weighted by atomic mass is 9.83. The Morgan fingerprint density at radius 1 is 0.810 bits per heavy atom. The number of hydrogen-bond acceptors (Lipinski definition) is 9. The molecule has 0 spiro atoms. The number of fused-ring (bicyclic) bond motifs is 3. The van der Waals surface area contributed by atoms with E-state index in [4.69, 9.17) is 20.8 Å². The molecule has 0 atom stereocenters. The molecule has 0 bridgehead atoms. The van der Waals surface area contributed by atoms with Crippen LogP contribution in [0.1, 0.15) is 118 Å². The first-order valence-corrected chi connectivity index (χ1v) is 29.2. The second kappa shape index (κ2) is 25.7. The topological polar surface area (TPSA) is 166 Å². The average molecular weight is 1110 g/mol. The predicted octanol–water partition coefficient (Wildman–Crippen LogP) is 12.0. The molecule has 0 saturated carbocycles. The third-order valence-corrected chi connectivity index (χ3v) is 16.3. The van der Waals surface area contributed by atoms with Gasteiger partial charge < -0.3 is 29.2 Å². The van der Waals surface area contributed by atoms with Crippen LogP contribution < -0.4 is 30.2 Å². The molecule has 79 heavy (non-hydrogen) atoms. The van der Waals surface area contributed by atoms with Gasteiger partial charge in [0.2, 0.25) is 17.2 Å². The summed E-state index contributed by atoms with van der Waals surface area (Å²) in [7, 11) is -3.10. The minimum absolute atomic E-state index is 0.00946. The quantitative estimate of drug-likeness (QED) is 0.0360. The van der Waals surface area contributed by atoms with Crippen molar-refractivity contribution in [3.05, 3.63) is 171 Å². The van der Waals surface area contributed by atoms with Crippen LogP contribution in [-0.4, -0.2) is 75.1 Å². The van der Waals surface area contributed by atoms with Crippen LogP contribution >= 0.6 is 11.6 Å². The van der Waals surface area contributed by atoms with Crippen molar-refractivity contribution in [3.63, 3.8) is 0 Å². The van der Waals surface area contributed by atoms with Crippen molar-refractivity contribution in [2.45, 2.75) is 110 Å². The van der Waals surface area contributed by atoms with Crippen molar-refractivity contribution in [2.24, 2.45) is 0 Å². The van der Waals surface area contributed by atoms with E-state index in [0.717, 1.165) is 119 Å². The second-order valence-electron chi connectivity index (χ2n) is 20.7. The highest BCUT2D eigenvalue weighted by molar-refractivity contribution is 7.85. The third-order valence-electron chi connectivity index (χ3n) is 15.3. The molecule has 2 N–H and O–H groups in total. The normalized spacial score (nSPS) is 13.6. The molecule has 0 unspecified atom stereocenters. The van der Waals surface area contributed by atoms with Gasteiger partial charge in [-0.05, 0) is 155 Å². The zero-order valence-corrected chi connectivity index (χ0v) is 48.0. The monoisotopic (exact) mass is 1110 g/mol. The van der Waals surface area contributed by atoms with Crippen molar-refractivity contribution in [3.8, 4) is 28.2 Å². The van der Waals surface area contributed by atoms with Gasteiger partial charge in [0.15, 0.2) is 0 Å². The Hall–Kier alpha value is -7.26. The number of anilines is 1. The Kier molecular flexibility index (Phi) is 18.8. The van der Waals surface area contributed by atoms with E-state index in [1.54, 1.807) is 48.1 Å². The van der Waals surface area contributed by atoms with E-state index in [0.29, 0.717) is 60.0 Å². The predicted molar refractivity (Wildman–Crippen MR) is 315 cm³/mol. The van der Waals surface area contributed by atoms with Crippen LogP contribution in [0.4, 0.5) is 5.69 Å². The van der Waals surface area contributed by atoms with Gasteiger partial charge in [-0.1, -0.05) is 81.1 Å². The maximum absolute atomic E-state index is 13.7. The number of nitrogens with zero attached hydrogens (tertiary/aromatic N) is 3. The third kappa shape index (κ3) is 13.3. The second-order valence-corrected chi connectivity index (χ2v) is 22.5. The Morgan fingerprint density at radius 2 is 1.51 bits per heavy atom. The van der Waals surface area contributed by atoms with Gasteiger partial charge in [-0.15, -0.1) is 0 Å². The summed E-state index contributed by atoms with van der Waals surface area (Å²) in [5.41, 5.74) is 8.79. The Bertz CT molecular complexity index is 3570. The first kappa shape index (κ1) is 57.9. The van der Waals surface area contributed by atoms with Gasteiger partial charge >= 0.3 is 0 Å². The van der Waals surface area contributed by atoms with Crippen LogP contribution in [0.2, 0.25) is 5.02 Å². The first-order chi connectivity index (χ1) is 37.9. The molecule has 4 aromatic carbocycles. The maximum atomic E-state index is 13.7. The molecule has 13 nitrogen and oxygen atoms in total. The largest absolute Gasteiger partial charge is 0.744 e. The van der Waals surface area contributed by atoms with Crippen molar-refractivity contribution >= 4 is 62.1 Å². The van der Waals surface area contributed by atoms with Gasteiger partial charge in [0.05, 0.1) is 30.0 Å².